The Morgan fingerprint density at radius 1 is 0.810 bits per heavy atom. The molecule has 0 unspecified atom stereocenters. The Balaban J connectivity index is 0.000000491. The lowest BCUT2D eigenvalue weighted by Gasteiger charge is -2.26. The lowest BCUT2D eigenvalue weighted by atomic mass is 9.78. The van der Waals surface area contributed by atoms with Crippen LogP contribution in [-0.2, 0) is 5.41 Å². The Kier molecular flexibility index (Phi) is 6.32. The fraction of sp³-hybridized carbons (Fsp3) is 0.222. The standard InChI is InChI=1S/C15H16O2.C3H5Cl/c1-15(2,11-3-7-13(16)8-4-11)12-5-9-14(17)10-6-12;1-2-3-4/h3-10,16-17H,1-2H3;2-3H,1H3. The molecule has 0 aliphatic rings. The van der Waals surface area contributed by atoms with E-state index in [1.807, 2.05) is 31.2 Å². The second-order valence-corrected chi connectivity index (χ2v) is 5.43. The van der Waals surface area contributed by atoms with E-state index in [1.54, 1.807) is 30.3 Å². The van der Waals surface area contributed by atoms with Crippen molar-refractivity contribution in [3.63, 3.8) is 0 Å². The topological polar surface area (TPSA) is 40.5 Å². The predicted octanol–water partition coefficient (Wildman–Crippen LogP) is 5.18. The minimum Gasteiger partial charge on any atom is -0.508 e. The Morgan fingerprint density at radius 3 is 1.33 bits per heavy atom. The van der Waals surface area contributed by atoms with Crippen LogP contribution in [0.15, 0.2) is 60.1 Å². The molecule has 0 aromatic heterocycles. The maximum atomic E-state index is 9.30. The molecule has 2 nitrogen and oxygen atoms in total. The van der Waals surface area contributed by atoms with Gasteiger partial charge in [-0.2, -0.15) is 0 Å². The molecule has 0 bridgehead atoms. The lowest BCUT2D eigenvalue weighted by molar-refractivity contribution is 0.474. The summed E-state index contributed by atoms with van der Waals surface area (Å²) in [5, 5.41) is 18.6. The molecule has 2 aromatic carbocycles. The second kappa shape index (κ2) is 7.75. The van der Waals surface area contributed by atoms with E-state index < -0.39 is 0 Å². The maximum Gasteiger partial charge on any atom is 0.115 e. The van der Waals surface area contributed by atoms with Crippen molar-refractivity contribution in [3.8, 4) is 11.5 Å². The molecule has 0 saturated carbocycles. The van der Waals surface area contributed by atoms with E-state index in [4.69, 9.17) is 11.6 Å². The number of rotatable bonds is 2. The molecule has 0 aliphatic heterocycles. The normalized spacial score (nSPS) is 11.0. The fourth-order valence-corrected chi connectivity index (χ4v) is 1.92. The number of hydrogen-bond acceptors (Lipinski definition) is 2. The molecule has 2 rings (SSSR count). The van der Waals surface area contributed by atoms with Crippen molar-refractivity contribution in [3.05, 3.63) is 71.3 Å². The molecule has 0 radical (unpaired) electrons. The average Bonchev–Trinajstić information content (AvgIpc) is 2.48. The molecule has 21 heavy (non-hydrogen) atoms. The quantitative estimate of drug-likeness (QED) is 0.802. The first kappa shape index (κ1) is 17.1. The maximum absolute atomic E-state index is 9.30. The number of phenolic OH excluding ortho intramolecular Hbond substituents is 2. The number of hydrogen-bond donors (Lipinski definition) is 2. The summed E-state index contributed by atoms with van der Waals surface area (Å²) in [6.45, 7) is 6.10. The molecule has 0 amide bonds. The van der Waals surface area contributed by atoms with Crippen molar-refractivity contribution in [2.45, 2.75) is 26.2 Å². The van der Waals surface area contributed by atoms with E-state index in [2.05, 4.69) is 13.8 Å². The van der Waals surface area contributed by atoms with Gasteiger partial charge in [0.1, 0.15) is 11.5 Å². The van der Waals surface area contributed by atoms with Crippen LogP contribution in [0.4, 0.5) is 0 Å². The number of aromatic hydroxyl groups is 2. The van der Waals surface area contributed by atoms with Crippen LogP contribution in [0.1, 0.15) is 31.9 Å². The predicted molar refractivity (Wildman–Crippen MR) is 89.0 cm³/mol. The molecule has 112 valence electrons. The van der Waals surface area contributed by atoms with Crippen molar-refractivity contribution < 1.29 is 10.2 Å². The molecule has 0 fully saturated rings. The van der Waals surface area contributed by atoms with Gasteiger partial charge in [0.15, 0.2) is 0 Å². The molecule has 0 saturated heterocycles. The first-order valence-electron chi connectivity index (χ1n) is 6.72. The molecule has 0 aliphatic carbocycles. The minimum absolute atomic E-state index is 0.151. The molecule has 2 N–H and O–H groups in total. The van der Waals surface area contributed by atoms with Gasteiger partial charge in [-0.3, -0.25) is 0 Å². The number of halogens is 1. The van der Waals surface area contributed by atoms with E-state index in [-0.39, 0.29) is 16.9 Å². The van der Waals surface area contributed by atoms with Crippen LogP contribution in [0.5, 0.6) is 11.5 Å². The molecule has 0 heterocycles. The molecule has 2 aromatic rings. The third kappa shape index (κ3) is 4.83. The Morgan fingerprint density at radius 2 is 1.10 bits per heavy atom. The molecule has 0 atom stereocenters. The third-order valence-electron chi connectivity index (χ3n) is 3.30. The second-order valence-electron chi connectivity index (χ2n) is 5.18. The summed E-state index contributed by atoms with van der Waals surface area (Å²) >= 11 is 5.01. The van der Waals surface area contributed by atoms with Gasteiger partial charge >= 0.3 is 0 Å². The van der Waals surface area contributed by atoms with E-state index in [9.17, 15) is 10.2 Å². The van der Waals surface area contributed by atoms with Crippen LogP contribution >= 0.6 is 11.6 Å². The van der Waals surface area contributed by atoms with Crippen LogP contribution in [0.25, 0.3) is 0 Å². The van der Waals surface area contributed by atoms with Crippen molar-refractivity contribution in [2.75, 3.05) is 0 Å². The van der Waals surface area contributed by atoms with Crippen LogP contribution in [-0.4, -0.2) is 10.2 Å². The zero-order valence-corrected chi connectivity index (χ0v) is 13.3. The van der Waals surface area contributed by atoms with Crippen LogP contribution in [0.2, 0.25) is 0 Å². The van der Waals surface area contributed by atoms with Gasteiger partial charge in [0.05, 0.1) is 0 Å². The highest BCUT2D eigenvalue weighted by Crippen LogP contribution is 2.32. The average molecular weight is 305 g/mol. The first-order valence-corrected chi connectivity index (χ1v) is 7.16. The summed E-state index contributed by atoms with van der Waals surface area (Å²) in [5.74, 6) is 0.547. The summed E-state index contributed by atoms with van der Waals surface area (Å²) < 4.78 is 0. The summed E-state index contributed by atoms with van der Waals surface area (Å²) in [4.78, 5) is 0. The SMILES string of the molecule is CC(C)(c1ccc(O)cc1)c1ccc(O)cc1.CC=CCl. The lowest BCUT2D eigenvalue weighted by Crippen LogP contribution is -2.18. The Bertz CT molecular complexity index is 518. The van der Waals surface area contributed by atoms with Crippen molar-refractivity contribution >= 4 is 11.6 Å². The summed E-state index contributed by atoms with van der Waals surface area (Å²) in [7, 11) is 0. The molecule has 3 heteroatoms. The van der Waals surface area contributed by atoms with Gasteiger partial charge in [-0.05, 0) is 47.9 Å². The van der Waals surface area contributed by atoms with E-state index >= 15 is 0 Å². The van der Waals surface area contributed by atoms with Crippen LogP contribution in [0.3, 0.4) is 0 Å². The smallest absolute Gasteiger partial charge is 0.115 e. The van der Waals surface area contributed by atoms with Crippen LogP contribution in [0, 0.1) is 0 Å². The van der Waals surface area contributed by atoms with Crippen molar-refractivity contribution in [1.82, 2.24) is 0 Å². The first-order chi connectivity index (χ1) is 9.91. The van der Waals surface area contributed by atoms with Gasteiger partial charge in [0, 0.05) is 5.41 Å². The van der Waals surface area contributed by atoms with Gasteiger partial charge in [-0.25, -0.2) is 0 Å². The third-order valence-corrected chi connectivity index (χ3v) is 3.56. The van der Waals surface area contributed by atoms with Gasteiger partial charge in [-0.15, -0.1) is 0 Å². The largest absolute Gasteiger partial charge is 0.508 e. The summed E-state index contributed by atoms with van der Waals surface area (Å²) in [5.41, 5.74) is 3.57. The monoisotopic (exact) mass is 304 g/mol. The zero-order valence-electron chi connectivity index (χ0n) is 12.5. The molecular weight excluding hydrogens is 284 g/mol. The zero-order chi connectivity index (χ0) is 15.9. The fourth-order valence-electron chi connectivity index (χ4n) is 1.92. The number of allylic oxidation sites excluding steroid dienone is 1. The Labute approximate surface area is 131 Å². The highest BCUT2D eigenvalue weighted by atomic mass is 35.5. The van der Waals surface area contributed by atoms with Gasteiger partial charge < -0.3 is 10.2 Å². The van der Waals surface area contributed by atoms with Crippen molar-refractivity contribution in [1.29, 1.82) is 0 Å². The Hall–Kier alpha value is -1.93. The van der Waals surface area contributed by atoms with Gasteiger partial charge in [0.2, 0.25) is 0 Å². The van der Waals surface area contributed by atoms with E-state index in [1.165, 1.54) is 5.54 Å². The van der Waals surface area contributed by atoms with E-state index in [0.717, 1.165) is 11.1 Å². The van der Waals surface area contributed by atoms with Gasteiger partial charge in [0.25, 0.3) is 0 Å². The summed E-state index contributed by atoms with van der Waals surface area (Å²) in [6.07, 6.45) is 1.77. The molecular formula is C18H21ClO2. The minimum atomic E-state index is -0.151. The van der Waals surface area contributed by atoms with Crippen molar-refractivity contribution in [2.24, 2.45) is 0 Å². The summed E-state index contributed by atoms with van der Waals surface area (Å²) in [6, 6.07) is 14.4. The highest BCUT2D eigenvalue weighted by molar-refractivity contribution is 6.25. The number of benzene rings is 2. The van der Waals surface area contributed by atoms with E-state index in [0.29, 0.717) is 0 Å². The van der Waals surface area contributed by atoms with Crippen LogP contribution < -0.4 is 0 Å². The number of phenols is 2. The van der Waals surface area contributed by atoms with Gasteiger partial charge in [-0.1, -0.05) is 55.8 Å². The molecule has 0 spiro atoms. The highest BCUT2D eigenvalue weighted by Gasteiger charge is 2.22.